The van der Waals surface area contributed by atoms with Gasteiger partial charge >= 0.3 is 0 Å². The van der Waals surface area contributed by atoms with Crippen LogP contribution in [0.1, 0.15) is 24.0 Å². The highest BCUT2D eigenvalue weighted by Crippen LogP contribution is 2.37. The van der Waals surface area contributed by atoms with Crippen molar-refractivity contribution in [3.8, 4) is 28.6 Å². The Bertz CT molecular complexity index is 1270. The molecule has 1 saturated carbocycles. The maximum absolute atomic E-state index is 10.8. The Kier molecular flexibility index (Phi) is 7.35. The summed E-state index contributed by atoms with van der Waals surface area (Å²) >= 11 is 0. The number of aliphatic hydroxyl groups is 1. The molecule has 3 aromatic carbocycles. The first-order valence-electron chi connectivity index (χ1n) is 12.5. The number of ether oxygens (including phenoxy) is 2. The minimum atomic E-state index is -0.608. The average Bonchev–Trinajstić information content (AvgIpc) is 3.70. The number of para-hydroxylation sites is 1. The number of hydrogen-bond donors (Lipinski definition) is 1. The molecule has 4 aromatic rings. The molecule has 1 heterocycles. The highest BCUT2D eigenvalue weighted by Gasteiger charge is 2.33. The summed E-state index contributed by atoms with van der Waals surface area (Å²) in [6.45, 7) is 3.45. The highest BCUT2D eigenvalue weighted by atomic mass is 16.5. The van der Waals surface area contributed by atoms with E-state index in [-0.39, 0.29) is 6.61 Å². The summed E-state index contributed by atoms with van der Waals surface area (Å²) in [5.41, 5.74) is 4.11. The van der Waals surface area contributed by atoms with E-state index >= 15 is 0 Å². The molecular weight excluding hydrogens is 450 g/mol. The van der Waals surface area contributed by atoms with Gasteiger partial charge in [-0.25, -0.2) is 4.68 Å². The maximum Gasteiger partial charge on any atom is 0.222 e. The lowest BCUT2D eigenvalue weighted by Gasteiger charge is -2.25. The zero-order valence-electron chi connectivity index (χ0n) is 20.9. The number of aliphatic hydroxyl groups excluding tert-OH is 1. The Morgan fingerprint density at radius 2 is 1.67 bits per heavy atom. The van der Waals surface area contributed by atoms with Crippen LogP contribution in [0.3, 0.4) is 0 Å². The highest BCUT2D eigenvalue weighted by molar-refractivity contribution is 5.65. The summed E-state index contributed by atoms with van der Waals surface area (Å²) in [7, 11) is 1.92. The molecule has 0 amide bonds. The third kappa shape index (κ3) is 5.96. The molecule has 0 spiro atoms. The number of aromatic nitrogens is 2. The number of nitrogens with zero attached hydrogens (tertiary/aromatic N) is 3. The molecule has 6 heteroatoms. The van der Waals surface area contributed by atoms with Crippen LogP contribution in [0.15, 0.2) is 84.9 Å². The van der Waals surface area contributed by atoms with Gasteiger partial charge in [-0.05, 0) is 49.6 Å². The molecule has 186 valence electrons. The molecule has 1 aliphatic rings. The van der Waals surface area contributed by atoms with E-state index in [2.05, 4.69) is 30.0 Å². The Morgan fingerprint density at radius 1 is 0.972 bits per heavy atom. The van der Waals surface area contributed by atoms with Crippen LogP contribution in [-0.4, -0.2) is 45.1 Å². The summed E-state index contributed by atoms with van der Waals surface area (Å²) in [5, 5.41) is 15.7. The molecule has 1 atom stereocenters. The van der Waals surface area contributed by atoms with Gasteiger partial charge in [-0.2, -0.15) is 5.10 Å². The standard InChI is InChI=1S/C30H33N3O3/c1-22-10-9-15-27(18-22)36-30-28(29(31-32(30)2)23-11-5-3-6-12-23)20-33(24-16-17-24)19-25(34)21-35-26-13-7-4-8-14-26/h3-15,18,24-25,34H,16-17,19-21H2,1-2H3/t25-/m1/s1. The SMILES string of the molecule is Cc1cccc(Oc2c(CN(C[C@@H](O)COc3ccccc3)C3CC3)c(-c3ccccc3)nn2C)c1. The second kappa shape index (κ2) is 11.0. The van der Waals surface area contributed by atoms with Crippen molar-refractivity contribution in [3.63, 3.8) is 0 Å². The molecule has 0 unspecified atom stereocenters. The van der Waals surface area contributed by atoms with Crippen LogP contribution >= 0.6 is 0 Å². The van der Waals surface area contributed by atoms with Gasteiger partial charge in [-0.3, -0.25) is 4.90 Å². The van der Waals surface area contributed by atoms with Crippen molar-refractivity contribution in [3.05, 3.63) is 96.1 Å². The average molecular weight is 484 g/mol. The van der Waals surface area contributed by atoms with Gasteiger partial charge in [0.2, 0.25) is 5.88 Å². The zero-order chi connectivity index (χ0) is 24.9. The minimum Gasteiger partial charge on any atom is -0.491 e. The lowest BCUT2D eigenvalue weighted by molar-refractivity contribution is 0.0624. The van der Waals surface area contributed by atoms with Gasteiger partial charge in [-0.1, -0.05) is 60.7 Å². The van der Waals surface area contributed by atoms with Crippen molar-refractivity contribution in [2.45, 2.75) is 38.5 Å². The fraction of sp³-hybridized carbons (Fsp3) is 0.300. The van der Waals surface area contributed by atoms with Crippen molar-refractivity contribution in [2.75, 3.05) is 13.2 Å². The van der Waals surface area contributed by atoms with Crippen LogP contribution in [0.4, 0.5) is 0 Å². The Balaban J connectivity index is 1.40. The van der Waals surface area contributed by atoms with Crippen molar-refractivity contribution in [2.24, 2.45) is 7.05 Å². The molecule has 0 bridgehead atoms. The lowest BCUT2D eigenvalue weighted by Crippen LogP contribution is -2.36. The third-order valence-electron chi connectivity index (χ3n) is 6.39. The van der Waals surface area contributed by atoms with Crippen LogP contribution < -0.4 is 9.47 Å². The summed E-state index contributed by atoms with van der Waals surface area (Å²) in [4.78, 5) is 2.34. The molecule has 1 N–H and O–H groups in total. The summed E-state index contributed by atoms with van der Waals surface area (Å²) in [5.74, 6) is 2.27. The van der Waals surface area contributed by atoms with Crippen LogP contribution in [0.5, 0.6) is 17.4 Å². The van der Waals surface area contributed by atoms with Gasteiger partial charge in [0.05, 0.1) is 5.56 Å². The van der Waals surface area contributed by atoms with E-state index in [4.69, 9.17) is 14.6 Å². The molecule has 1 aromatic heterocycles. The second-order valence-corrected chi connectivity index (χ2v) is 9.48. The molecule has 1 fully saturated rings. The number of aryl methyl sites for hydroxylation is 2. The molecule has 1 aliphatic carbocycles. The lowest BCUT2D eigenvalue weighted by atomic mass is 10.1. The quantitative estimate of drug-likeness (QED) is 0.301. The molecule has 5 rings (SSSR count). The zero-order valence-corrected chi connectivity index (χ0v) is 20.9. The molecule has 6 nitrogen and oxygen atoms in total. The molecule has 0 radical (unpaired) electrons. The van der Waals surface area contributed by atoms with E-state index in [1.165, 1.54) is 0 Å². The van der Waals surface area contributed by atoms with Gasteiger partial charge in [-0.15, -0.1) is 0 Å². The summed E-state index contributed by atoms with van der Waals surface area (Å²) in [6, 6.07) is 28.3. The van der Waals surface area contributed by atoms with Crippen molar-refractivity contribution >= 4 is 0 Å². The first-order valence-corrected chi connectivity index (χ1v) is 12.5. The fourth-order valence-corrected chi connectivity index (χ4v) is 4.46. The number of rotatable bonds is 11. The van der Waals surface area contributed by atoms with Crippen LogP contribution in [0.2, 0.25) is 0 Å². The van der Waals surface area contributed by atoms with E-state index in [1.54, 1.807) is 0 Å². The van der Waals surface area contributed by atoms with E-state index < -0.39 is 6.10 Å². The summed E-state index contributed by atoms with van der Waals surface area (Å²) < 4.78 is 14.1. The molecular formula is C30H33N3O3. The topological polar surface area (TPSA) is 59.8 Å². The smallest absolute Gasteiger partial charge is 0.222 e. The largest absolute Gasteiger partial charge is 0.491 e. The van der Waals surface area contributed by atoms with Gasteiger partial charge in [0.15, 0.2) is 0 Å². The predicted molar refractivity (Wildman–Crippen MR) is 141 cm³/mol. The van der Waals surface area contributed by atoms with E-state index in [9.17, 15) is 5.11 Å². The van der Waals surface area contributed by atoms with Gasteiger partial charge in [0, 0.05) is 31.7 Å². The van der Waals surface area contributed by atoms with Crippen LogP contribution in [0, 0.1) is 6.92 Å². The van der Waals surface area contributed by atoms with Crippen LogP contribution in [-0.2, 0) is 13.6 Å². The molecule has 36 heavy (non-hydrogen) atoms. The third-order valence-corrected chi connectivity index (χ3v) is 6.39. The first kappa shape index (κ1) is 24.1. The van der Waals surface area contributed by atoms with Gasteiger partial charge < -0.3 is 14.6 Å². The summed E-state index contributed by atoms with van der Waals surface area (Å²) in [6.07, 6.45) is 1.64. The van der Waals surface area contributed by atoms with E-state index in [0.29, 0.717) is 19.1 Å². The normalized spacial score (nSPS) is 14.1. The van der Waals surface area contributed by atoms with Crippen LogP contribution in [0.25, 0.3) is 11.3 Å². The molecule has 0 saturated heterocycles. The molecule has 0 aliphatic heterocycles. The van der Waals surface area contributed by atoms with Crippen molar-refractivity contribution in [1.29, 1.82) is 0 Å². The monoisotopic (exact) mass is 483 g/mol. The minimum absolute atomic E-state index is 0.248. The number of hydrogen-bond acceptors (Lipinski definition) is 5. The van der Waals surface area contributed by atoms with Crippen molar-refractivity contribution in [1.82, 2.24) is 14.7 Å². The fourth-order valence-electron chi connectivity index (χ4n) is 4.46. The second-order valence-electron chi connectivity index (χ2n) is 9.48. The number of benzene rings is 3. The van der Waals surface area contributed by atoms with E-state index in [0.717, 1.165) is 52.6 Å². The van der Waals surface area contributed by atoms with Gasteiger partial charge in [0.1, 0.15) is 29.9 Å². The first-order chi connectivity index (χ1) is 17.6. The Hall–Kier alpha value is -3.61. The Morgan fingerprint density at radius 3 is 2.36 bits per heavy atom. The Labute approximate surface area is 212 Å². The predicted octanol–water partition coefficient (Wildman–Crippen LogP) is 5.59. The maximum atomic E-state index is 10.8. The van der Waals surface area contributed by atoms with Crippen molar-refractivity contribution < 1.29 is 14.6 Å². The van der Waals surface area contributed by atoms with Gasteiger partial charge in [0.25, 0.3) is 0 Å². The van der Waals surface area contributed by atoms with E-state index in [1.807, 2.05) is 78.5 Å².